The number of hydrogen-bond acceptors (Lipinski definition) is 7. The van der Waals surface area contributed by atoms with Crippen molar-refractivity contribution in [2.45, 2.75) is 70.4 Å². The maximum absolute atomic E-state index is 14.2. The average molecular weight is 657 g/mol. The van der Waals surface area contributed by atoms with Gasteiger partial charge in [-0.3, -0.25) is 14.6 Å². The SMILES string of the molecule is COCCCCC1(CNC(=O)[C@H]2C[C@@H](C(=O)NC(C)c3ccccn3)CN(C(=O)OC(C)(C)C)C2)c2ccccc2Oc2ccccc21. The number of carbonyl (C=O) groups excluding carboxylic acids is 3. The van der Waals surface area contributed by atoms with Gasteiger partial charge < -0.3 is 29.7 Å². The molecule has 1 unspecified atom stereocenters. The molecule has 0 saturated carbocycles. The minimum Gasteiger partial charge on any atom is -0.457 e. The van der Waals surface area contributed by atoms with E-state index < -0.39 is 28.9 Å². The highest BCUT2D eigenvalue weighted by atomic mass is 16.6. The third-order valence-electron chi connectivity index (χ3n) is 9.13. The molecule has 10 nitrogen and oxygen atoms in total. The number of unbranched alkanes of at least 4 members (excludes halogenated alkanes) is 1. The Bertz CT molecular complexity index is 1530. The second-order valence-electron chi connectivity index (χ2n) is 13.8. The smallest absolute Gasteiger partial charge is 0.410 e. The number of amides is 3. The Balaban J connectivity index is 1.39. The Hall–Kier alpha value is -4.44. The molecule has 256 valence electrons. The molecule has 3 amide bonds. The predicted octanol–water partition coefficient (Wildman–Crippen LogP) is 6.16. The quantitative estimate of drug-likeness (QED) is 0.238. The standard InChI is InChI=1S/C38H48N4O6/c1-26(31-16-10-12-20-39-31)41-35(44)28-22-27(23-42(24-28)36(45)48-37(2,3)4)34(43)40-25-38(19-11-13-21-46-5)29-14-6-8-17-32(29)47-33-18-9-7-15-30(33)38/h6-10,12,14-18,20,26-28H,11,13,19,21-25H2,1-5H3,(H,40,43)(H,41,44)/t26?,27-,28+/m0/s1. The zero-order valence-corrected chi connectivity index (χ0v) is 28.7. The Kier molecular flexibility index (Phi) is 11.0. The van der Waals surface area contributed by atoms with Crippen molar-refractivity contribution in [1.29, 1.82) is 0 Å². The predicted molar refractivity (Wildman–Crippen MR) is 183 cm³/mol. The van der Waals surface area contributed by atoms with Crippen LogP contribution in [0.3, 0.4) is 0 Å². The molecule has 0 spiro atoms. The Morgan fingerprint density at radius 3 is 2.17 bits per heavy atom. The first-order valence-electron chi connectivity index (χ1n) is 16.8. The normalized spacial score (nSPS) is 18.8. The first kappa shape index (κ1) is 34.9. The molecule has 2 aliphatic heterocycles. The minimum absolute atomic E-state index is 0.150. The molecule has 2 aliphatic rings. The van der Waals surface area contributed by atoms with Crippen LogP contribution in [0.5, 0.6) is 11.5 Å². The van der Waals surface area contributed by atoms with E-state index in [1.807, 2.05) is 61.5 Å². The summed E-state index contributed by atoms with van der Waals surface area (Å²) in [6.07, 6.45) is 3.94. The van der Waals surface area contributed by atoms with Crippen LogP contribution in [0.2, 0.25) is 0 Å². The number of para-hydroxylation sites is 2. The van der Waals surface area contributed by atoms with Gasteiger partial charge in [0, 0.05) is 56.1 Å². The molecule has 2 aromatic carbocycles. The van der Waals surface area contributed by atoms with Gasteiger partial charge in [-0.2, -0.15) is 0 Å². The molecule has 5 rings (SSSR count). The fourth-order valence-corrected chi connectivity index (χ4v) is 6.76. The molecular formula is C38H48N4O6. The second-order valence-corrected chi connectivity index (χ2v) is 13.8. The molecule has 3 atom stereocenters. The first-order chi connectivity index (χ1) is 23.0. The minimum atomic E-state index is -0.726. The Morgan fingerprint density at radius 2 is 1.56 bits per heavy atom. The number of carbonyl (C=O) groups is 3. The number of nitrogens with one attached hydrogen (secondary N) is 2. The third-order valence-corrected chi connectivity index (χ3v) is 9.13. The molecule has 0 radical (unpaired) electrons. The van der Waals surface area contributed by atoms with Crippen molar-refractivity contribution >= 4 is 17.9 Å². The number of ether oxygens (including phenoxy) is 3. The van der Waals surface area contributed by atoms with Gasteiger partial charge in [0.1, 0.15) is 17.1 Å². The highest BCUT2D eigenvalue weighted by Crippen LogP contribution is 2.50. The lowest BCUT2D eigenvalue weighted by atomic mass is 9.69. The summed E-state index contributed by atoms with van der Waals surface area (Å²) in [6, 6.07) is 21.2. The number of likely N-dealkylation sites (tertiary alicyclic amines) is 1. The fraction of sp³-hybridized carbons (Fsp3) is 0.474. The number of fused-ring (bicyclic) bond motifs is 2. The first-order valence-corrected chi connectivity index (χ1v) is 16.8. The van der Waals surface area contributed by atoms with Crippen molar-refractivity contribution in [2.24, 2.45) is 11.8 Å². The van der Waals surface area contributed by atoms with Crippen molar-refractivity contribution < 1.29 is 28.6 Å². The Labute approximate surface area is 283 Å². The number of methoxy groups -OCH3 is 1. The van der Waals surface area contributed by atoms with Crippen molar-refractivity contribution in [3.05, 3.63) is 89.7 Å². The van der Waals surface area contributed by atoms with Crippen LogP contribution in [0, 0.1) is 11.8 Å². The van der Waals surface area contributed by atoms with E-state index in [0.29, 0.717) is 19.6 Å². The lowest BCUT2D eigenvalue weighted by molar-refractivity contribution is -0.132. The van der Waals surface area contributed by atoms with Gasteiger partial charge in [-0.05, 0) is 77.6 Å². The van der Waals surface area contributed by atoms with Crippen LogP contribution in [0.25, 0.3) is 0 Å². The van der Waals surface area contributed by atoms with E-state index in [1.54, 1.807) is 34.1 Å². The van der Waals surface area contributed by atoms with Gasteiger partial charge in [0.25, 0.3) is 0 Å². The van der Waals surface area contributed by atoms with E-state index in [9.17, 15) is 14.4 Å². The van der Waals surface area contributed by atoms with Crippen LogP contribution in [0.15, 0.2) is 72.9 Å². The number of rotatable bonds is 11. The Morgan fingerprint density at radius 1 is 0.938 bits per heavy atom. The van der Waals surface area contributed by atoms with Crippen molar-refractivity contribution in [1.82, 2.24) is 20.5 Å². The highest BCUT2D eigenvalue weighted by Gasteiger charge is 2.44. The second kappa shape index (κ2) is 15.2. The van der Waals surface area contributed by atoms with Gasteiger partial charge >= 0.3 is 6.09 Å². The van der Waals surface area contributed by atoms with Crippen LogP contribution in [0.1, 0.15) is 76.2 Å². The largest absolute Gasteiger partial charge is 0.457 e. The van der Waals surface area contributed by atoms with Crippen molar-refractivity contribution in [3.8, 4) is 11.5 Å². The maximum Gasteiger partial charge on any atom is 0.410 e. The van der Waals surface area contributed by atoms with Gasteiger partial charge in [-0.1, -0.05) is 42.5 Å². The summed E-state index contributed by atoms with van der Waals surface area (Å²) in [7, 11) is 1.70. The van der Waals surface area contributed by atoms with Gasteiger partial charge in [-0.15, -0.1) is 0 Å². The van der Waals surface area contributed by atoms with E-state index in [1.165, 1.54) is 4.90 Å². The number of hydrogen-bond donors (Lipinski definition) is 2. The number of piperidine rings is 1. The molecule has 1 saturated heterocycles. The summed E-state index contributed by atoms with van der Waals surface area (Å²) in [5.41, 5.74) is 1.48. The van der Waals surface area contributed by atoms with Gasteiger partial charge in [0.05, 0.1) is 23.6 Å². The topological polar surface area (TPSA) is 119 Å². The molecule has 0 aliphatic carbocycles. The molecule has 3 heterocycles. The van der Waals surface area contributed by atoms with Crippen LogP contribution >= 0.6 is 0 Å². The molecule has 10 heteroatoms. The summed E-state index contributed by atoms with van der Waals surface area (Å²) in [6.45, 7) is 8.54. The van der Waals surface area contributed by atoms with E-state index >= 15 is 0 Å². The number of aromatic nitrogens is 1. The fourth-order valence-electron chi connectivity index (χ4n) is 6.76. The van der Waals surface area contributed by atoms with Gasteiger partial charge in [-0.25, -0.2) is 4.79 Å². The van der Waals surface area contributed by atoms with Crippen molar-refractivity contribution in [3.63, 3.8) is 0 Å². The summed E-state index contributed by atoms with van der Waals surface area (Å²) >= 11 is 0. The van der Waals surface area contributed by atoms with Crippen molar-refractivity contribution in [2.75, 3.05) is 33.4 Å². The molecule has 1 fully saturated rings. The van der Waals surface area contributed by atoms with E-state index in [0.717, 1.165) is 47.6 Å². The van der Waals surface area contributed by atoms with E-state index in [-0.39, 0.29) is 30.9 Å². The molecule has 0 bridgehead atoms. The summed E-state index contributed by atoms with van der Waals surface area (Å²) in [5.74, 6) is -0.143. The summed E-state index contributed by atoms with van der Waals surface area (Å²) in [4.78, 5) is 47.0. The molecule has 2 N–H and O–H groups in total. The molecule has 3 aromatic rings. The maximum atomic E-state index is 14.2. The highest BCUT2D eigenvalue weighted by molar-refractivity contribution is 5.84. The van der Waals surface area contributed by atoms with Gasteiger partial charge in [0.2, 0.25) is 11.8 Å². The molecule has 1 aromatic heterocycles. The zero-order chi connectivity index (χ0) is 34.3. The van der Waals surface area contributed by atoms with E-state index in [4.69, 9.17) is 14.2 Å². The van der Waals surface area contributed by atoms with Gasteiger partial charge in [0.15, 0.2) is 0 Å². The van der Waals surface area contributed by atoms with Crippen LogP contribution in [-0.4, -0.2) is 66.7 Å². The van der Waals surface area contributed by atoms with Crippen LogP contribution < -0.4 is 15.4 Å². The average Bonchev–Trinajstić information content (AvgIpc) is 3.08. The zero-order valence-electron chi connectivity index (χ0n) is 28.7. The lowest BCUT2D eigenvalue weighted by Gasteiger charge is -2.41. The number of pyridine rings is 1. The number of nitrogens with zero attached hydrogens (tertiary/aromatic N) is 2. The lowest BCUT2D eigenvalue weighted by Crippen LogP contribution is -2.54. The number of benzene rings is 2. The monoisotopic (exact) mass is 656 g/mol. The molecular weight excluding hydrogens is 608 g/mol. The molecule has 48 heavy (non-hydrogen) atoms. The summed E-state index contributed by atoms with van der Waals surface area (Å²) < 4.78 is 17.4. The summed E-state index contributed by atoms with van der Waals surface area (Å²) in [5, 5.41) is 6.32. The van der Waals surface area contributed by atoms with Crippen LogP contribution in [0.4, 0.5) is 4.79 Å². The third kappa shape index (κ3) is 8.16. The van der Waals surface area contributed by atoms with Crippen LogP contribution in [-0.2, 0) is 24.5 Å². The van der Waals surface area contributed by atoms with E-state index in [2.05, 4.69) is 27.8 Å².